The van der Waals surface area contributed by atoms with E-state index in [1.165, 1.54) is 25.7 Å². The molecule has 2 atom stereocenters. The van der Waals surface area contributed by atoms with E-state index in [2.05, 4.69) is 16.0 Å². The molecule has 140 valence electrons. The minimum absolute atomic E-state index is 0. The van der Waals surface area contributed by atoms with Gasteiger partial charge in [0, 0.05) is 29.6 Å². The highest BCUT2D eigenvalue weighted by Gasteiger charge is 2.34. The van der Waals surface area contributed by atoms with Crippen molar-refractivity contribution in [2.45, 2.75) is 63.1 Å². The topological polar surface area (TPSA) is 53.2 Å². The fraction of sp³-hybridized carbons (Fsp3) is 0.611. The molecule has 3 N–H and O–H groups in total. The van der Waals surface area contributed by atoms with Crippen molar-refractivity contribution in [2.75, 3.05) is 10.6 Å². The molecule has 0 spiro atoms. The Morgan fingerprint density at radius 3 is 2.40 bits per heavy atom. The van der Waals surface area contributed by atoms with Gasteiger partial charge >= 0.3 is 0 Å². The van der Waals surface area contributed by atoms with Crippen LogP contribution in [0.25, 0.3) is 0 Å². The van der Waals surface area contributed by atoms with Crippen molar-refractivity contribution in [3.63, 3.8) is 0 Å². The molecule has 4 nitrogen and oxygen atoms in total. The lowest BCUT2D eigenvalue weighted by Gasteiger charge is -2.28. The maximum atomic E-state index is 12.5. The number of halogens is 3. The summed E-state index contributed by atoms with van der Waals surface area (Å²) in [5, 5.41) is 10.8. The summed E-state index contributed by atoms with van der Waals surface area (Å²) in [6.07, 6.45) is 7.82. The summed E-state index contributed by atoms with van der Waals surface area (Å²) < 4.78 is 0. The molecule has 1 aromatic carbocycles. The van der Waals surface area contributed by atoms with E-state index in [0.717, 1.165) is 24.2 Å². The van der Waals surface area contributed by atoms with Crippen molar-refractivity contribution in [3.05, 3.63) is 23.2 Å². The minimum Gasteiger partial charge on any atom is -0.381 e. The molecule has 2 bridgehead atoms. The fourth-order valence-electron chi connectivity index (χ4n) is 4.00. The normalized spacial score (nSPS) is 27.0. The highest BCUT2D eigenvalue weighted by atomic mass is 35.5. The van der Waals surface area contributed by atoms with Gasteiger partial charge in [-0.3, -0.25) is 4.79 Å². The molecule has 3 fully saturated rings. The van der Waals surface area contributed by atoms with E-state index in [0.29, 0.717) is 35.5 Å². The average Bonchev–Trinajstić information content (AvgIpc) is 3.26. The summed E-state index contributed by atoms with van der Waals surface area (Å²) in [5.74, 6) is 0.616. The lowest BCUT2D eigenvalue weighted by Crippen LogP contribution is -2.39. The van der Waals surface area contributed by atoms with Gasteiger partial charge in [0.2, 0.25) is 5.91 Å². The van der Waals surface area contributed by atoms with Gasteiger partial charge in [0.1, 0.15) is 0 Å². The number of anilines is 2. The summed E-state index contributed by atoms with van der Waals surface area (Å²) in [4.78, 5) is 12.5. The molecular formula is C18H26Cl3N3O. The van der Waals surface area contributed by atoms with E-state index in [9.17, 15) is 4.79 Å². The Balaban J connectivity index is 0.00000113. The molecule has 2 heterocycles. The Bertz CT molecular complexity index is 597. The molecular weight excluding hydrogens is 381 g/mol. The molecule has 3 aliphatic rings. The molecule has 0 radical (unpaired) electrons. The van der Waals surface area contributed by atoms with Crippen LogP contribution in [0.15, 0.2) is 18.2 Å². The standard InChI is InChI=1S/C18H24ClN3O.2ClH/c19-12-1-6-16(21-13-2-3-13)17(10-12)22-18(23)9-11-7-14-4-5-15(8-11)20-14;;/h1,6,10-11,13-15,20-21H,2-5,7-9H2,(H,22,23);2*1H. The smallest absolute Gasteiger partial charge is 0.224 e. The zero-order valence-electron chi connectivity index (χ0n) is 14.1. The minimum atomic E-state index is 0. The molecule has 7 heteroatoms. The number of nitrogens with one attached hydrogen (secondary N) is 3. The molecule has 4 rings (SSSR count). The van der Waals surface area contributed by atoms with E-state index >= 15 is 0 Å². The molecule has 25 heavy (non-hydrogen) atoms. The van der Waals surface area contributed by atoms with Gasteiger partial charge in [-0.2, -0.15) is 0 Å². The Morgan fingerprint density at radius 2 is 1.76 bits per heavy atom. The van der Waals surface area contributed by atoms with Crippen LogP contribution in [0.2, 0.25) is 5.02 Å². The summed E-state index contributed by atoms with van der Waals surface area (Å²) >= 11 is 6.10. The first-order valence-electron chi connectivity index (χ1n) is 8.77. The Kier molecular flexibility index (Phi) is 7.27. The highest BCUT2D eigenvalue weighted by molar-refractivity contribution is 6.31. The maximum absolute atomic E-state index is 12.5. The molecule has 0 aromatic heterocycles. The van der Waals surface area contributed by atoms with Crippen molar-refractivity contribution in [1.29, 1.82) is 0 Å². The van der Waals surface area contributed by atoms with Crippen LogP contribution in [0, 0.1) is 5.92 Å². The van der Waals surface area contributed by atoms with Crippen molar-refractivity contribution >= 4 is 53.7 Å². The van der Waals surface area contributed by atoms with Gasteiger partial charge in [0.15, 0.2) is 0 Å². The van der Waals surface area contributed by atoms with Gasteiger partial charge in [0.25, 0.3) is 0 Å². The van der Waals surface area contributed by atoms with Crippen LogP contribution in [0.4, 0.5) is 11.4 Å². The third kappa shape index (κ3) is 5.40. The number of carbonyl (C=O) groups is 1. The lowest BCUT2D eigenvalue weighted by atomic mass is 9.89. The third-order valence-corrected chi connectivity index (χ3v) is 5.47. The van der Waals surface area contributed by atoms with Gasteiger partial charge in [0.05, 0.1) is 11.4 Å². The number of hydrogen-bond acceptors (Lipinski definition) is 3. The maximum Gasteiger partial charge on any atom is 0.224 e. The fourth-order valence-corrected chi connectivity index (χ4v) is 4.17. The van der Waals surface area contributed by atoms with Crippen LogP contribution in [0.5, 0.6) is 0 Å². The van der Waals surface area contributed by atoms with Gasteiger partial charge < -0.3 is 16.0 Å². The average molecular weight is 407 g/mol. The first-order valence-corrected chi connectivity index (χ1v) is 9.15. The van der Waals surface area contributed by atoms with E-state index in [4.69, 9.17) is 11.6 Å². The number of amides is 1. The van der Waals surface area contributed by atoms with Crippen molar-refractivity contribution < 1.29 is 4.79 Å². The highest BCUT2D eigenvalue weighted by Crippen LogP contribution is 2.34. The number of fused-ring (bicyclic) bond motifs is 2. The molecule has 1 aromatic rings. The number of benzene rings is 1. The van der Waals surface area contributed by atoms with Gasteiger partial charge in [-0.15, -0.1) is 24.8 Å². The second-order valence-corrected chi connectivity index (χ2v) is 7.77. The zero-order chi connectivity index (χ0) is 15.8. The summed E-state index contributed by atoms with van der Waals surface area (Å²) in [5.41, 5.74) is 1.79. The Labute approximate surface area is 166 Å². The SMILES string of the molecule is Cl.Cl.O=C(CC1CC2CCC(C1)N2)Nc1cc(Cl)ccc1NC1CC1. The third-order valence-electron chi connectivity index (χ3n) is 5.24. The second-order valence-electron chi connectivity index (χ2n) is 7.34. The Hall–Kier alpha value is -0.680. The predicted molar refractivity (Wildman–Crippen MR) is 109 cm³/mol. The molecule has 2 unspecified atom stereocenters. The van der Waals surface area contributed by atoms with Crippen LogP contribution < -0.4 is 16.0 Å². The first kappa shape index (κ1) is 20.6. The number of carbonyl (C=O) groups excluding carboxylic acids is 1. The van der Waals surface area contributed by atoms with Crippen molar-refractivity contribution in [2.24, 2.45) is 5.92 Å². The van der Waals surface area contributed by atoms with Crippen LogP contribution >= 0.6 is 36.4 Å². The quantitative estimate of drug-likeness (QED) is 0.669. The van der Waals surface area contributed by atoms with Crippen LogP contribution in [-0.2, 0) is 4.79 Å². The number of hydrogen-bond donors (Lipinski definition) is 3. The molecule has 1 amide bonds. The van der Waals surface area contributed by atoms with E-state index in [1.54, 1.807) is 0 Å². The van der Waals surface area contributed by atoms with Crippen molar-refractivity contribution in [3.8, 4) is 0 Å². The monoisotopic (exact) mass is 405 g/mol. The van der Waals surface area contributed by atoms with Gasteiger partial charge in [-0.05, 0) is 62.6 Å². The molecule has 1 saturated carbocycles. The molecule has 1 aliphatic carbocycles. The number of piperidine rings is 1. The predicted octanol–water partition coefficient (Wildman–Crippen LogP) is 4.62. The van der Waals surface area contributed by atoms with Gasteiger partial charge in [-0.25, -0.2) is 0 Å². The lowest BCUT2D eigenvalue weighted by molar-refractivity contribution is -0.117. The Morgan fingerprint density at radius 1 is 1.08 bits per heavy atom. The van der Waals surface area contributed by atoms with Gasteiger partial charge in [-0.1, -0.05) is 11.6 Å². The van der Waals surface area contributed by atoms with Crippen LogP contribution in [0.1, 0.15) is 44.9 Å². The summed E-state index contributed by atoms with van der Waals surface area (Å²) in [6, 6.07) is 7.48. The largest absolute Gasteiger partial charge is 0.381 e. The number of rotatable bonds is 5. The first-order chi connectivity index (χ1) is 11.2. The summed E-state index contributed by atoms with van der Waals surface area (Å²) in [6.45, 7) is 0. The second kappa shape index (κ2) is 8.81. The van der Waals surface area contributed by atoms with E-state index in [-0.39, 0.29) is 30.7 Å². The van der Waals surface area contributed by atoms with Crippen LogP contribution in [0.3, 0.4) is 0 Å². The summed E-state index contributed by atoms with van der Waals surface area (Å²) in [7, 11) is 0. The van der Waals surface area contributed by atoms with E-state index in [1.807, 2.05) is 18.2 Å². The van der Waals surface area contributed by atoms with Crippen molar-refractivity contribution in [1.82, 2.24) is 5.32 Å². The molecule has 2 aliphatic heterocycles. The van der Waals surface area contributed by atoms with Crippen LogP contribution in [-0.4, -0.2) is 24.0 Å². The molecule has 2 saturated heterocycles. The van der Waals surface area contributed by atoms with E-state index < -0.39 is 0 Å². The zero-order valence-corrected chi connectivity index (χ0v) is 16.5.